The summed E-state index contributed by atoms with van der Waals surface area (Å²) in [4.78, 5) is 4.72. The number of benzene rings is 1. The van der Waals surface area contributed by atoms with Crippen molar-refractivity contribution in [2.24, 2.45) is 12.5 Å². The maximum absolute atomic E-state index is 10.00. The molecule has 0 bridgehead atoms. The molecule has 2 aromatic rings. The number of fused-ring (bicyclic) bond motifs is 1. The van der Waals surface area contributed by atoms with E-state index in [-0.39, 0.29) is 11.5 Å². The van der Waals surface area contributed by atoms with Crippen LogP contribution in [0.2, 0.25) is 0 Å². The summed E-state index contributed by atoms with van der Waals surface area (Å²) in [6.45, 7) is 4.44. The molecule has 20 heavy (non-hydrogen) atoms. The molecule has 1 aliphatic carbocycles. The van der Waals surface area contributed by atoms with Gasteiger partial charge in [0.2, 0.25) is 0 Å². The van der Waals surface area contributed by atoms with E-state index in [4.69, 9.17) is 4.98 Å². The first-order chi connectivity index (χ1) is 9.44. The van der Waals surface area contributed by atoms with E-state index >= 15 is 0 Å². The maximum atomic E-state index is 10.00. The second-order valence-electron chi connectivity index (χ2n) is 6.69. The summed E-state index contributed by atoms with van der Waals surface area (Å²) in [5.74, 6) is 1.07. The molecular formula is C17H22N2O. The minimum Gasteiger partial charge on any atom is -0.389 e. The van der Waals surface area contributed by atoms with E-state index in [1.54, 1.807) is 0 Å². The molecular weight excluding hydrogens is 248 g/mol. The van der Waals surface area contributed by atoms with Gasteiger partial charge in [-0.3, -0.25) is 0 Å². The summed E-state index contributed by atoms with van der Waals surface area (Å²) >= 11 is 0. The van der Waals surface area contributed by atoms with E-state index in [1.165, 1.54) is 11.1 Å². The van der Waals surface area contributed by atoms with Gasteiger partial charge in [0.1, 0.15) is 5.82 Å². The number of hydrogen-bond donors (Lipinski definition) is 1. The van der Waals surface area contributed by atoms with Gasteiger partial charge in [-0.25, -0.2) is 4.98 Å². The van der Waals surface area contributed by atoms with Crippen LogP contribution in [0.4, 0.5) is 0 Å². The lowest BCUT2D eigenvalue weighted by atomic mass is 9.75. The zero-order chi connectivity index (χ0) is 14.3. The lowest BCUT2D eigenvalue weighted by Gasteiger charge is -2.32. The van der Waals surface area contributed by atoms with Crippen LogP contribution in [-0.4, -0.2) is 20.8 Å². The second-order valence-corrected chi connectivity index (χ2v) is 6.69. The molecule has 0 radical (unpaired) electrons. The smallest absolute Gasteiger partial charge is 0.113 e. The highest BCUT2D eigenvalue weighted by Crippen LogP contribution is 2.36. The molecule has 0 aliphatic heterocycles. The summed E-state index contributed by atoms with van der Waals surface area (Å²) < 4.78 is 2.16. The van der Waals surface area contributed by atoms with Crippen LogP contribution in [0.1, 0.15) is 32.5 Å². The first kappa shape index (κ1) is 13.4. The number of allylic oxidation sites excluding steroid dienone is 1. The van der Waals surface area contributed by atoms with E-state index in [1.807, 2.05) is 24.3 Å². The Kier molecular flexibility index (Phi) is 3.17. The summed E-state index contributed by atoms with van der Waals surface area (Å²) in [5.41, 5.74) is 3.68. The predicted octanol–water partition coefficient (Wildman–Crippen LogP) is 3.22. The van der Waals surface area contributed by atoms with Gasteiger partial charge in [-0.1, -0.05) is 37.6 Å². The molecule has 0 amide bonds. The molecule has 0 saturated heterocycles. The zero-order valence-electron chi connectivity index (χ0n) is 12.4. The maximum Gasteiger partial charge on any atom is 0.113 e. The molecule has 0 fully saturated rings. The fourth-order valence-corrected chi connectivity index (χ4v) is 3.32. The third-order valence-corrected chi connectivity index (χ3v) is 4.16. The normalized spacial score (nSPS) is 22.0. The Morgan fingerprint density at radius 2 is 2.10 bits per heavy atom. The SMILES string of the molecule is Cn1c(CC2=CC(O)CC(C)(C)C2)nc2ccccc21. The summed E-state index contributed by atoms with van der Waals surface area (Å²) in [5, 5.41) is 10.00. The summed E-state index contributed by atoms with van der Waals surface area (Å²) in [6, 6.07) is 8.21. The van der Waals surface area contributed by atoms with Gasteiger partial charge >= 0.3 is 0 Å². The first-order valence-electron chi connectivity index (χ1n) is 7.23. The predicted molar refractivity (Wildman–Crippen MR) is 81.5 cm³/mol. The number of hydrogen-bond acceptors (Lipinski definition) is 2. The highest BCUT2D eigenvalue weighted by Gasteiger charge is 2.28. The van der Waals surface area contributed by atoms with Crippen molar-refractivity contribution >= 4 is 11.0 Å². The van der Waals surface area contributed by atoms with Gasteiger partial charge in [-0.2, -0.15) is 0 Å². The fourth-order valence-electron chi connectivity index (χ4n) is 3.32. The summed E-state index contributed by atoms with van der Waals surface area (Å²) in [6.07, 6.45) is 4.41. The lowest BCUT2D eigenvalue weighted by Crippen LogP contribution is -2.25. The fraction of sp³-hybridized carbons (Fsp3) is 0.471. The molecule has 1 unspecified atom stereocenters. The molecule has 1 aliphatic rings. The van der Waals surface area contributed by atoms with Crippen molar-refractivity contribution in [3.05, 3.63) is 41.7 Å². The van der Waals surface area contributed by atoms with Crippen LogP contribution >= 0.6 is 0 Å². The van der Waals surface area contributed by atoms with Gasteiger partial charge in [0.15, 0.2) is 0 Å². The van der Waals surface area contributed by atoms with Crippen LogP contribution in [0.5, 0.6) is 0 Å². The van der Waals surface area contributed by atoms with Crippen molar-refractivity contribution in [1.29, 1.82) is 0 Å². The van der Waals surface area contributed by atoms with Crippen molar-refractivity contribution < 1.29 is 5.11 Å². The summed E-state index contributed by atoms with van der Waals surface area (Å²) in [7, 11) is 2.07. The second kappa shape index (κ2) is 4.74. The Bertz CT molecular complexity index is 667. The molecule has 1 aromatic carbocycles. The number of aliphatic hydroxyl groups is 1. The van der Waals surface area contributed by atoms with Crippen molar-refractivity contribution in [3.63, 3.8) is 0 Å². The van der Waals surface area contributed by atoms with E-state index in [2.05, 4.69) is 31.5 Å². The molecule has 106 valence electrons. The average Bonchev–Trinajstić information content (AvgIpc) is 2.64. The Balaban J connectivity index is 1.92. The number of aromatic nitrogens is 2. The van der Waals surface area contributed by atoms with Crippen LogP contribution in [-0.2, 0) is 13.5 Å². The first-order valence-corrected chi connectivity index (χ1v) is 7.23. The Hall–Kier alpha value is -1.61. The van der Waals surface area contributed by atoms with Gasteiger partial charge in [0.05, 0.1) is 17.1 Å². The Labute approximate surface area is 120 Å². The largest absolute Gasteiger partial charge is 0.389 e. The van der Waals surface area contributed by atoms with E-state index in [0.717, 1.165) is 30.6 Å². The molecule has 0 saturated carbocycles. The third kappa shape index (κ3) is 2.50. The quantitative estimate of drug-likeness (QED) is 0.851. The monoisotopic (exact) mass is 270 g/mol. The van der Waals surface area contributed by atoms with Crippen LogP contribution < -0.4 is 0 Å². The van der Waals surface area contributed by atoms with Crippen molar-refractivity contribution in [2.45, 2.75) is 39.2 Å². The molecule has 3 rings (SSSR count). The van der Waals surface area contributed by atoms with Crippen molar-refractivity contribution in [1.82, 2.24) is 9.55 Å². The minimum absolute atomic E-state index is 0.175. The van der Waals surface area contributed by atoms with Gasteiger partial charge in [-0.05, 0) is 30.4 Å². The van der Waals surface area contributed by atoms with Gasteiger partial charge in [-0.15, -0.1) is 0 Å². The minimum atomic E-state index is -0.316. The number of aryl methyl sites for hydroxylation is 1. The van der Waals surface area contributed by atoms with Crippen LogP contribution in [0.15, 0.2) is 35.9 Å². The van der Waals surface area contributed by atoms with E-state index < -0.39 is 0 Å². The Morgan fingerprint density at radius 3 is 2.80 bits per heavy atom. The lowest BCUT2D eigenvalue weighted by molar-refractivity contribution is 0.138. The van der Waals surface area contributed by atoms with Crippen molar-refractivity contribution in [2.75, 3.05) is 0 Å². The van der Waals surface area contributed by atoms with Crippen LogP contribution in [0.3, 0.4) is 0 Å². The average molecular weight is 270 g/mol. The third-order valence-electron chi connectivity index (χ3n) is 4.16. The number of para-hydroxylation sites is 2. The van der Waals surface area contributed by atoms with Crippen molar-refractivity contribution in [3.8, 4) is 0 Å². The number of aliphatic hydroxyl groups excluding tert-OH is 1. The molecule has 1 heterocycles. The van der Waals surface area contributed by atoms with E-state index in [0.29, 0.717) is 0 Å². The van der Waals surface area contributed by atoms with Crippen LogP contribution in [0, 0.1) is 5.41 Å². The molecule has 1 N–H and O–H groups in total. The zero-order valence-corrected chi connectivity index (χ0v) is 12.4. The van der Waals surface area contributed by atoms with Gasteiger partial charge in [0.25, 0.3) is 0 Å². The molecule has 1 aromatic heterocycles. The molecule has 1 atom stereocenters. The molecule has 3 heteroatoms. The van der Waals surface area contributed by atoms with Gasteiger partial charge < -0.3 is 9.67 Å². The van der Waals surface area contributed by atoms with Crippen LogP contribution in [0.25, 0.3) is 11.0 Å². The molecule has 3 nitrogen and oxygen atoms in total. The number of nitrogens with zero attached hydrogens (tertiary/aromatic N) is 2. The topological polar surface area (TPSA) is 38.0 Å². The van der Waals surface area contributed by atoms with Gasteiger partial charge in [0, 0.05) is 13.5 Å². The van der Waals surface area contributed by atoms with E-state index in [9.17, 15) is 5.11 Å². The number of rotatable bonds is 2. The molecule has 0 spiro atoms. The highest BCUT2D eigenvalue weighted by molar-refractivity contribution is 5.75. The highest BCUT2D eigenvalue weighted by atomic mass is 16.3. The Morgan fingerprint density at radius 1 is 1.35 bits per heavy atom. The number of imidazole rings is 1. The standard InChI is InChI=1S/C17H22N2O/c1-17(2)10-12(8-13(20)11-17)9-16-18-14-6-4-5-7-15(14)19(16)3/h4-8,13,20H,9-11H2,1-3H3.